The Hall–Kier alpha value is -1.55. The quantitative estimate of drug-likeness (QED) is 0.203. The van der Waals surface area contributed by atoms with Crippen molar-refractivity contribution < 1.29 is 14.3 Å². The van der Waals surface area contributed by atoms with Crippen LogP contribution in [0.15, 0.2) is 23.2 Å². The molecule has 7 nitrogen and oxygen atoms in total. The maximum Gasteiger partial charge on any atom is 0.222 e. The number of rotatable bonds is 9. The van der Waals surface area contributed by atoms with Crippen LogP contribution in [-0.2, 0) is 16.1 Å². The first-order valence-corrected chi connectivity index (χ1v) is 10.0. The van der Waals surface area contributed by atoms with E-state index < -0.39 is 0 Å². The Balaban J connectivity index is 0.00000420. The SMILES string of the molecule is CN=C(NCCNC(=O)C(C)C)NCc1ccc(C)cc1OCC1CCOC1.I. The number of aliphatic imine (C=N–C) groups is 1. The number of halogens is 1. The summed E-state index contributed by atoms with van der Waals surface area (Å²) in [6.45, 7) is 9.88. The van der Waals surface area contributed by atoms with Crippen molar-refractivity contribution in [2.75, 3.05) is 40.0 Å². The maximum absolute atomic E-state index is 11.6. The van der Waals surface area contributed by atoms with Gasteiger partial charge in [-0.05, 0) is 25.0 Å². The Morgan fingerprint density at radius 1 is 1.28 bits per heavy atom. The molecule has 1 aromatic carbocycles. The minimum absolute atomic E-state index is 0. The summed E-state index contributed by atoms with van der Waals surface area (Å²) in [5, 5.41) is 9.39. The molecule has 1 fully saturated rings. The number of ether oxygens (including phenoxy) is 2. The third kappa shape index (κ3) is 9.20. The molecule has 0 radical (unpaired) electrons. The van der Waals surface area contributed by atoms with Crippen molar-refractivity contribution in [3.8, 4) is 5.75 Å². The summed E-state index contributed by atoms with van der Waals surface area (Å²) in [6.07, 6.45) is 1.06. The first-order chi connectivity index (χ1) is 13.5. The van der Waals surface area contributed by atoms with E-state index in [2.05, 4.69) is 46.1 Å². The lowest BCUT2D eigenvalue weighted by Crippen LogP contribution is -2.41. The van der Waals surface area contributed by atoms with E-state index in [9.17, 15) is 4.79 Å². The van der Waals surface area contributed by atoms with Crippen LogP contribution in [0.3, 0.4) is 0 Å². The summed E-state index contributed by atoms with van der Waals surface area (Å²) >= 11 is 0. The van der Waals surface area contributed by atoms with Gasteiger partial charge in [-0.15, -0.1) is 24.0 Å². The summed E-state index contributed by atoms with van der Waals surface area (Å²) < 4.78 is 11.5. The van der Waals surface area contributed by atoms with Crippen LogP contribution in [0.25, 0.3) is 0 Å². The van der Waals surface area contributed by atoms with Crippen LogP contribution in [0, 0.1) is 18.8 Å². The number of nitrogens with one attached hydrogen (secondary N) is 3. The standard InChI is InChI=1S/C21H34N4O3.HI/c1-15(2)20(26)23-8-9-24-21(22-4)25-12-18-6-5-16(3)11-19(18)28-14-17-7-10-27-13-17;/h5-6,11,15,17H,7-10,12-14H2,1-4H3,(H,23,26)(H2,22,24,25);1H. The number of carbonyl (C=O) groups excluding carboxylic acids is 1. The molecule has 1 aromatic rings. The van der Waals surface area contributed by atoms with Crippen LogP contribution in [-0.4, -0.2) is 51.8 Å². The maximum atomic E-state index is 11.6. The fourth-order valence-electron chi connectivity index (χ4n) is 2.83. The van der Waals surface area contributed by atoms with Gasteiger partial charge in [0.2, 0.25) is 5.91 Å². The normalized spacial score (nSPS) is 16.3. The predicted octanol–water partition coefficient (Wildman–Crippen LogP) is 2.47. The van der Waals surface area contributed by atoms with Gasteiger partial charge in [0.1, 0.15) is 5.75 Å². The lowest BCUT2D eigenvalue weighted by Gasteiger charge is -2.17. The second kappa shape index (κ2) is 13.6. The van der Waals surface area contributed by atoms with E-state index in [1.54, 1.807) is 7.05 Å². The molecule has 1 amide bonds. The van der Waals surface area contributed by atoms with Crippen LogP contribution in [0.4, 0.5) is 0 Å². The Kier molecular flexibility index (Phi) is 12.0. The average Bonchev–Trinajstić information content (AvgIpc) is 3.20. The van der Waals surface area contributed by atoms with Gasteiger partial charge in [0, 0.05) is 50.7 Å². The lowest BCUT2D eigenvalue weighted by atomic mass is 10.1. The number of carbonyl (C=O) groups is 1. The Morgan fingerprint density at radius 2 is 2.03 bits per heavy atom. The van der Waals surface area contributed by atoms with Gasteiger partial charge >= 0.3 is 0 Å². The zero-order valence-corrected chi connectivity index (χ0v) is 20.2. The first-order valence-electron chi connectivity index (χ1n) is 10.0. The zero-order valence-electron chi connectivity index (χ0n) is 17.9. The largest absolute Gasteiger partial charge is 0.493 e. The molecule has 164 valence electrons. The molecule has 2 rings (SSSR count). The molecule has 29 heavy (non-hydrogen) atoms. The molecule has 0 saturated carbocycles. The molecule has 1 heterocycles. The minimum Gasteiger partial charge on any atom is -0.493 e. The lowest BCUT2D eigenvalue weighted by molar-refractivity contribution is -0.123. The Labute approximate surface area is 191 Å². The summed E-state index contributed by atoms with van der Waals surface area (Å²) in [7, 11) is 1.73. The van der Waals surface area contributed by atoms with E-state index in [4.69, 9.17) is 9.47 Å². The van der Waals surface area contributed by atoms with Crippen LogP contribution in [0.5, 0.6) is 5.75 Å². The van der Waals surface area contributed by atoms with Gasteiger partial charge in [-0.2, -0.15) is 0 Å². The summed E-state index contributed by atoms with van der Waals surface area (Å²) in [5.74, 6) is 2.11. The van der Waals surface area contributed by atoms with E-state index >= 15 is 0 Å². The molecule has 1 saturated heterocycles. The number of benzene rings is 1. The van der Waals surface area contributed by atoms with Crippen LogP contribution >= 0.6 is 24.0 Å². The minimum atomic E-state index is -0.00630. The van der Waals surface area contributed by atoms with Crippen molar-refractivity contribution >= 4 is 35.8 Å². The van der Waals surface area contributed by atoms with Gasteiger partial charge in [-0.25, -0.2) is 0 Å². The molecule has 1 unspecified atom stereocenters. The summed E-state index contributed by atoms with van der Waals surface area (Å²) in [5.41, 5.74) is 2.25. The molecule has 0 aromatic heterocycles. The molecule has 1 aliphatic rings. The third-order valence-corrected chi connectivity index (χ3v) is 4.63. The molecular formula is C21H35IN4O3. The Bertz CT molecular complexity index is 661. The van der Waals surface area contributed by atoms with Crippen molar-refractivity contribution in [3.63, 3.8) is 0 Å². The molecule has 0 aliphatic carbocycles. The molecule has 3 N–H and O–H groups in total. The number of guanidine groups is 1. The van der Waals surface area contributed by atoms with Crippen LogP contribution < -0.4 is 20.7 Å². The summed E-state index contributed by atoms with van der Waals surface area (Å²) in [4.78, 5) is 15.8. The van der Waals surface area contributed by atoms with E-state index in [-0.39, 0.29) is 35.8 Å². The van der Waals surface area contributed by atoms with Crippen molar-refractivity contribution in [3.05, 3.63) is 29.3 Å². The highest BCUT2D eigenvalue weighted by Crippen LogP contribution is 2.22. The smallest absolute Gasteiger partial charge is 0.222 e. The third-order valence-electron chi connectivity index (χ3n) is 4.63. The molecule has 1 aliphatic heterocycles. The topological polar surface area (TPSA) is 84.0 Å². The van der Waals surface area contributed by atoms with Gasteiger partial charge in [0.25, 0.3) is 0 Å². The van der Waals surface area contributed by atoms with Crippen molar-refractivity contribution in [2.24, 2.45) is 16.8 Å². The number of hydrogen-bond acceptors (Lipinski definition) is 4. The van der Waals surface area contributed by atoms with Gasteiger partial charge in [-0.3, -0.25) is 9.79 Å². The molecule has 8 heteroatoms. The molecular weight excluding hydrogens is 483 g/mol. The van der Waals surface area contributed by atoms with Crippen LogP contribution in [0.2, 0.25) is 0 Å². The van der Waals surface area contributed by atoms with Gasteiger partial charge in [0.15, 0.2) is 5.96 Å². The fourth-order valence-corrected chi connectivity index (χ4v) is 2.83. The predicted molar refractivity (Wildman–Crippen MR) is 127 cm³/mol. The van der Waals surface area contributed by atoms with E-state index in [1.165, 1.54) is 5.56 Å². The van der Waals surface area contributed by atoms with E-state index in [0.717, 1.165) is 30.9 Å². The highest BCUT2D eigenvalue weighted by atomic mass is 127. The van der Waals surface area contributed by atoms with E-state index in [1.807, 2.05) is 13.8 Å². The van der Waals surface area contributed by atoms with Gasteiger partial charge in [0.05, 0.1) is 13.2 Å². The monoisotopic (exact) mass is 518 g/mol. The molecule has 0 bridgehead atoms. The number of nitrogens with zero attached hydrogens (tertiary/aromatic N) is 1. The number of amides is 1. The molecule has 1 atom stereocenters. The van der Waals surface area contributed by atoms with Gasteiger partial charge in [-0.1, -0.05) is 26.0 Å². The zero-order chi connectivity index (χ0) is 20.4. The van der Waals surface area contributed by atoms with Crippen molar-refractivity contribution in [2.45, 2.75) is 33.7 Å². The van der Waals surface area contributed by atoms with E-state index in [0.29, 0.717) is 38.1 Å². The second-order valence-electron chi connectivity index (χ2n) is 7.45. The highest BCUT2D eigenvalue weighted by molar-refractivity contribution is 14.0. The number of aryl methyl sites for hydroxylation is 1. The van der Waals surface area contributed by atoms with Crippen molar-refractivity contribution in [1.82, 2.24) is 16.0 Å². The Morgan fingerprint density at radius 3 is 2.69 bits per heavy atom. The molecule has 0 spiro atoms. The average molecular weight is 518 g/mol. The first kappa shape index (κ1) is 25.5. The van der Waals surface area contributed by atoms with Crippen LogP contribution in [0.1, 0.15) is 31.4 Å². The van der Waals surface area contributed by atoms with Gasteiger partial charge < -0.3 is 25.4 Å². The number of hydrogen-bond donors (Lipinski definition) is 3. The fraction of sp³-hybridized carbons (Fsp3) is 0.619. The summed E-state index contributed by atoms with van der Waals surface area (Å²) in [6, 6.07) is 6.24. The second-order valence-corrected chi connectivity index (χ2v) is 7.45. The highest BCUT2D eigenvalue weighted by Gasteiger charge is 2.17. The van der Waals surface area contributed by atoms with Crippen molar-refractivity contribution in [1.29, 1.82) is 0 Å².